The largest absolute Gasteiger partial charge is 0.398 e. The number of carbonyl (C=O) groups is 1. The minimum absolute atomic E-state index is 0.151. The molecule has 1 aromatic carbocycles. The molecule has 4 rings (SSSR count). The van der Waals surface area contributed by atoms with E-state index in [0.717, 1.165) is 27.6 Å². The topological polar surface area (TPSA) is 104 Å². The molecule has 2 aromatic rings. The molecule has 2 heterocycles. The Balaban J connectivity index is 1.66. The molecule has 0 radical (unpaired) electrons. The van der Waals surface area contributed by atoms with Gasteiger partial charge < -0.3 is 11.1 Å². The van der Waals surface area contributed by atoms with E-state index in [-0.39, 0.29) is 17.7 Å². The lowest BCUT2D eigenvalue weighted by molar-refractivity contribution is -0.117. The predicted octanol–water partition coefficient (Wildman–Crippen LogP) is 2.66. The van der Waals surface area contributed by atoms with Crippen molar-refractivity contribution in [3.63, 3.8) is 0 Å². The van der Waals surface area contributed by atoms with Crippen LogP contribution in [0.25, 0.3) is 10.8 Å². The minimum atomic E-state index is -0.223. The summed E-state index contributed by atoms with van der Waals surface area (Å²) in [6.45, 7) is 2.73. The highest BCUT2D eigenvalue weighted by Crippen LogP contribution is 2.38. The molecular weight excluding hydrogens is 314 g/mol. The van der Waals surface area contributed by atoms with Crippen LogP contribution in [-0.4, -0.2) is 23.1 Å². The maximum atomic E-state index is 12.1. The van der Waals surface area contributed by atoms with E-state index in [0.29, 0.717) is 24.5 Å². The Labute approximate surface area is 145 Å². The number of hydrogen-bond acceptors (Lipinski definition) is 5. The number of aromatic nitrogens is 1. The van der Waals surface area contributed by atoms with Crippen molar-refractivity contribution in [1.82, 2.24) is 4.98 Å². The smallest absolute Gasteiger partial charge is 0.230 e. The van der Waals surface area contributed by atoms with E-state index in [9.17, 15) is 4.79 Å². The first-order valence-corrected chi connectivity index (χ1v) is 8.18. The standard InChI is InChI=1S/C19H17N5O/c1-10-2-3-22-18(10)12-4-11-7-17(23-9-15(11)16(21)6-12)24-19(25)14-5-13(14)8-20/h2,4,6-7,9,13-14H,3,5,21H2,1H3,(H,23,24,25)/t13-,14+/m0/s1. The molecule has 0 unspecified atom stereocenters. The van der Waals surface area contributed by atoms with Crippen molar-refractivity contribution >= 4 is 33.9 Å². The number of nitrogens with zero attached hydrogens (tertiary/aromatic N) is 3. The summed E-state index contributed by atoms with van der Waals surface area (Å²) in [7, 11) is 0. The van der Waals surface area contributed by atoms with Gasteiger partial charge in [0.25, 0.3) is 0 Å². The first-order valence-electron chi connectivity index (χ1n) is 8.18. The van der Waals surface area contributed by atoms with Gasteiger partial charge in [-0.3, -0.25) is 9.79 Å². The van der Waals surface area contributed by atoms with Crippen LogP contribution in [-0.2, 0) is 4.79 Å². The van der Waals surface area contributed by atoms with E-state index in [1.54, 1.807) is 6.20 Å². The summed E-state index contributed by atoms with van der Waals surface area (Å²) >= 11 is 0. The fourth-order valence-corrected chi connectivity index (χ4v) is 3.15. The van der Waals surface area contributed by atoms with Gasteiger partial charge in [-0.15, -0.1) is 0 Å². The lowest BCUT2D eigenvalue weighted by Gasteiger charge is -2.10. The van der Waals surface area contributed by atoms with Crippen molar-refractivity contribution in [2.75, 3.05) is 17.6 Å². The van der Waals surface area contributed by atoms with Crippen LogP contribution in [0.15, 0.2) is 41.0 Å². The lowest BCUT2D eigenvalue weighted by Crippen LogP contribution is -2.15. The monoisotopic (exact) mass is 331 g/mol. The summed E-state index contributed by atoms with van der Waals surface area (Å²) in [5.41, 5.74) is 9.86. The molecule has 1 amide bonds. The molecule has 1 saturated carbocycles. The Morgan fingerprint density at radius 1 is 1.40 bits per heavy atom. The number of allylic oxidation sites excluding steroid dienone is 1. The average Bonchev–Trinajstić information content (AvgIpc) is 3.27. The number of benzene rings is 1. The summed E-state index contributed by atoms with van der Waals surface area (Å²) in [6, 6.07) is 7.85. The number of aliphatic imine (C=N–C) groups is 1. The quantitative estimate of drug-likeness (QED) is 0.844. The summed E-state index contributed by atoms with van der Waals surface area (Å²) in [5.74, 6) is -0.0721. The number of rotatable bonds is 3. The van der Waals surface area contributed by atoms with E-state index in [2.05, 4.69) is 27.4 Å². The van der Waals surface area contributed by atoms with Crippen molar-refractivity contribution in [2.24, 2.45) is 16.8 Å². The SMILES string of the molecule is CC1=CCN=C1c1cc(N)c2cnc(NC(=O)[C@@H]3C[C@H]3C#N)cc2c1. The highest BCUT2D eigenvalue weighted by molar-refractivity contribution is 6.16. The van der Waals surface area contributed by atoms with Crippen LogP contribution in [0, 0.1) is 23.2 Å². The Morgan fingerprint density at radius 3 is 2.92 bits per heavy atom. The number of pyridine rings is 1. The number of amides is 1. The molecule has 0 saturated heterocycles. The number of hydrogen-bond donors (Lipinski definition) is 2. The molecular formula is C19H17N5O. The average molecular weight is 331 g/mol. The van der Waals surface area contributed by atoms with Crippen LogP contribution >= 0.6 is 0 Å². The zero-order valence-electron chi connectivity index (χ0n) is 13.8. The maximum Gasteiger partial charge on any atom is 0.230 e. The number of nitrogen functional groups attached to an aromatic ring is 1. The fourth-order valence-electron chi connectivity index (χ4n) is 3.15. The van der Waals surface area contributed by atoms with Crippen molar-refractivity contribution in [1.29, 1.82) is 5.26 Å². The van der Waals surface area contributed by atoms with E-state index < -0.39 is 0 Å². The summed E-state index contributed by atoms with van der Waals surface area (Å²) < 4.78 is 0. The maximum absolute atomic E-state index is 12.1. The third kappa shape index (κ3) is 2.74. The molecule has 0 bridgehead atoms. The fraction of sp³-hybridized carbons (Fsp3) is 0.263. The summed E-state index contributed by atoms with van der Waals surface area (Å²) in [5, 5.41) is 13.4. The zero-order chi connectivity index (χ0) is 17.6. The number of fused-ring (bicyclic) bond motifs is 1. The van der Waals surface area contributed by atoms with E-state index in [4.69, 9.17) is 11.0 Å². The van der Waals surface area contributed by atoms with E-state index in [1.165, 1.54) is 0 Å². The predicted molar refractivity (Wildman–Crippen MR) is 97.2 cm³/mol. The Bertz CT molecular complexity index is 999. The molecule has 0 spiro atoms. The molecule has 25 heavy (non-hydrogen) atoms. The first-order chi connectivity index (χ1) is 12.1. The summed E-state index contributed by atoms with van der Waals surface area (Å²) in [6.07, 6.45) is 4.37. The van der Waals surface area contributed by atoms with Crippen molar-refractivity contribution in [3.8, 4) is 6.07 Å². The second kappa shape index (κ2) is 5.71. The molecule has 2 aliphatic rings. The Kier molecular flexibility index (Phi) is 3.50. The highest BCUT2D eigenvalue weighted by atomic mass is 16.2. The van der Waals surface area contributed by atoms with Crippen molar-refractivity contribution in [2.45, 2.75) is 13.3 Å². The number of carbonyl (C=O) groups excluding carboxylic acids is 1. The zero-order valence-corrected chi connectivity index (χ0v) is 13.8. The highest BCUT2D eigenvalue weighted by Gasteiger charge is 2.43. The van der Waals surface area contributed by atoms with Gasteiger partial charge in [0.15, 0.2) is 0 Å². The number of nitriles is 1. The number of nitrogens with two attached hydrogens (primary N) is 1. The van der Waals surface area contributed by atoms with Gasteiger partial charge in [-0.1, -0.05) is 6.08 Å². The minimum Gasteiger partial charge on any atom is -0.398 e. The molecule has 1 aliphatic carbocycles. The van der Waals surface area contributed by atoms with Gasteiger partial charge in [0.05, 0.1) is 30.2 Å². The first kappa shape index (κ1) is 15.3. The van der Waals surface area contributed by atoms with E-state index >= 15 is 0 Å². The van der Waals surface area contributed by atoms with Gasteiger partial charge in [-0.05, 0) is 42.5 Å². The van der Waals surface area contributed by atoms with Gasteiger partial charge in [0.2, 0.25) is 5.91 Å². The van der Waals surface area contributed by atoms with E-state index in [1.807, 2.05) is 25.1 Å². The molecule has 3 N–H and O–H groups in total. The van der Waals surface area contributed by atoms with Crippen LogP contribution in [0.2, 0.25) is 0 Å². The van der Waals surface area contributed by atoms with Gasteiger partial charge in [0, 0.05) is 22.8 Å². The third-order valence-electron chi connectivity index (χ3n) is 4.71. The molecule has 6 heteroatoms. The van der Waals surface area contributed by atoms with Crippen LogP contribution in [0.3, 0.4) is 0 Å². The summed E-state index contributed by atoms with van der Waals surface area (Å²) in [4.78, 5) is 20.9. The molecule has 124 valence electrons. The Hall–Kier alpha value is -3.20. The van der Waals surface area contributed by atoms with Crippen LogP contribution < -0.4 is 11.1 Å². The molecule has 1 aromatic heterocycles. The second-order valence-corrected chi connectivity index (χ2v) is 6.50. The number of nitrogens with one attached hydrogen (secondary N) is 1. The van der Waals surface area contributed by atoms with Gasteiger partial charge in [-0.2, -0.15) is 5.26 Å². The Morgan fingerprint density at radius 2 is 2.24 bits per heavy atom. The molecule has 6 nitrogen and oxygen atoms in total. The van der Waals surface area contributed by atoms with Crippen molar-refractivity contribution in [3.05, 3.63) is 41.6 Å². The normalized spacial score (nSPS) is 21.4. The van der Waals surface area contributed by atoms with Gasteiger partial charge in [-0.25, -0.2) is 4.98 Å². The number of anilines is 2. The van der Waals surface area contributed by atoms with Crippen molar-refractivity contribution < 1.29 is 4.79 Å². The van der Waals surface area contributed by atoms with Crippen LogP contribution in [0.5, 0.6) is 0 Å². The molecule has 1 fully saturated rings. The van der Waals surface area contributed by atoms with Gasteiger partial charge >= 0.3 is 0 Å². The van der Waals surface area contributed by atoms with Crippen LogP contribution in [0.4, 0.5) is 11.5 Å². The lowest BCUT2D eigenvalue weighted by atomic mass is 10.00. The van der Waals surface area contributed by atoms with Gasteiger partial charge in [0.1, 0.15) is 5.82 Å². The molecule has 1 aliphatic heterocycles. The molecule has 2 atom stereocenters. The third-order valence-corrected chi connectivity index (χ3v) is 4.71. The second-order valence-electron chi connectivity index (χ2n) is 6.50. The van der Waals surface area contributed by atoms with Crippen LogP contribution in [0.1, 0.15) is 18.9 Å².